The summed E-state index contributed by atoms with van der Waals surface area (Å²) in [5.74, 6) is 3.27. The molecule has 1 nitrogen and oxygen atoms in total. The Morgan fingerprint density at radius 1 is 0.897 bits per heavy atom. The summed E-state index contributed by atoms with van der Waals surface area (Å²) in [6, 6.07) is 5.72. The largest absolute Gasteiger partial charge is 0.416 e. The van der Waals surface area contributed by atoms with Gasteiger partial charge in [-0.25, -0.2) is 0 Å². The average Bonchev–Trinajstić information content (AvgIpc) is 2.73. The lowest BCUT2D eigenvalue weighted by Crippen LogP contribution is -2.25. The van der Waals surface area contributed by atoms with Gasteiger partial charge in [0.05, 0.1) is 12.2 Å². The van der Waals surface area contributed by atoms with Crippen molar-refractivity contribution in [2.75, 3.05) is 13.7 Å². The van der Waals surface area contributed by atoms with Crippen molar-refractivity contribution in [1.29, 1.82) is 0 Å². The fourth-order valence-electron chi connectivity index (χ4n) is 5.33. The molecule has 0 radical (unpaired) electrons. The van der Waals surface area contributed by atoms with E-state index in [0.29, 0.717) is 0 Å². The summed E-state index contributed by atoms with van der Waals surface area (Å²) < 4.78 is 43.1. The summed E-state index contributed by atoms with van der Waals surface area (Å²) in [6.07, 6.45) is 12.9. The number of allylic oxidation sites excluding steroid dienone is 1. The van der Waals surface area contributed by atoms with Crippen LogP contribution in [0.15, 0.2) is 36.4 Å². The lowest BCUT2D eigenvalue weighted by Gasteiger charge is -2.37. The number of halogens is 3. The lowest BCUT2D eigenvalue weighted by molar-refractivity contribution is -0.137. The van der Waals surface area contributed by atoms with E-state index >= 15 is 0 Å². The molecule has 0 N–H and O–H groups in total. The smallest absolute Gasteiger partial charge is 0.381 e. The zero-order valence-electron chi connectivity index (χ0n) is 17.6. The van der Waals surface area contributed by atoms with Crippen molar-refractivity contribution >= 4 is 0 Å². The standard InChI is InChI=1S/C25H35F3O/c1-29-18-2-3-19-6-12-22(13-7-19)23-14-8-20(9-15-23)4-5-21-10-16-24(17-11-21)25(26,27)28/h2-3,10-11,16-17,19-20,22-23H,4-9,12-15,18H2,1H3/b3-2+. The first-order valence-electron chi connectivity index (χ1n) is 11.3. The second-order valence-corrected chi connectivity index (χ2v) is 9.07. The fourth-order valence-corrected chi connectivity index (χ4v) is 5.33. The SMILES string of the molecule is COC/C=C/C1CCC(C2CCC(CCc3ccc(C(F)(F)F)cc3)CC2)CC1. The highest BCUT2D eigenvalue weighted by atomic mass is 19.4. The molecule has 4 heteroatoms. The number of hydrogen-bond donors (Lipinski definition) is 0. The van der Waals surface area contributed by atoms with Crippen LogP contribution >= 0.6 is 0 Å². The zero-order valence-corrected chi connectivity index (χ0v) is 17.6. The van der Waals surface area contributed by atoms with Gasteiger partial charge in [-0.05, 0) is 92.7 Å². The van der Waals surface area contributed by atoms with Crippen molar-refractivity contribution in [3.63, 3.8) is 0 Å². The minimum atomic E-state index is -4.24. The minimum absolute atomic E-state index is 0.550. The summed E-state index contributed by atoms with van der Waals surface area (Å²) in [4.78, 5) is 0. The van der Waals surface area contributed by atoms with E-state index in [0.717, 1.165) is 48.7 Å². The van der Waals surface area contributed by atoms with Gasteiger partial charge < -0.3 is 4.74 Å². The molecule has 2 aliphatic rings. The Balaban J connectivity index is 1.36. The Bertz CT molecular complexity index is 618. The van der Waals surface area contributed by atoms with E-state index in [9.17, 15) is 13.2 Å². The molecule has 2 saturated carbocycles. The first kappa shape index (κ1) is 22.4. The number of rotatable bonds is 7. The number of methoxy groups -OCH3 is 1. The molecule has 0 heterocycles. The van der Waals surface area contributed by atoms with E-state index in [2.05, 4.69) is 12.2 Å². The molecular formula is C25H35F3O. The van der Waals surface area contributed by atoms with E-state index in [4.69, 9.17) is 4.74 Å². The second kappa shape index (κ2) is 10.7. The van der Waals surface area contributed by atoms with Crippen LogP contribution in [0.25, 0.3) is 0 Å². The molecule has 0 atom stereocenters. The molecular weight excluding hydrogens is 373 g/mol. The van der Waals surface area contributed by atoms with Crippen molar-refractivity contribution in [3.8, 4) is 0 Å². The van der Waals surface area contributed by atoms with E-state index < -0.39 is 11.7 Å². The molecule has 29 heavy (non-hydrogen) atoms. The van der Waals surface area contributed by atoms with Crippen LogP contribution < -0.4 is 0 Å². The lowest BCUT2D eigenvalue weighted by atomic mass is 9.68. The third-order valence-electron chi connectivity index (χ3n) is 7.17. The molecule has 2 fully saturated rings. The monoisotopic (exact) mass is 408 g/mol. The van der Waals surface area contributed by atoms with Crippen LogP contribution in [-0.2, 0) is 17.3 Å². The molecule has 0 unspecified atom stereocenters. The first-order chi connectivity index (χ1) is 14.0. The van der Waals surface area contributed by atoms with Crippen LogP contribution in [0.1, 0.15) is 68.9 Å². The van der Waals surface area contributed by atoms with Crippen molar-refractivity contribution in [2.45, 2.75) is 70.4 Å². The number of alkyl halides is 3. The van der Waals surface area contributed by atoms with Crippen LogP contribution in [-0.4, -0.2) is 13.7 Å². The average molecular weight is 409 g/mol. The number of ether oxygens (including phenoxy) is 1. The zero-order chi connectivity index (χ0) is 20.7. The maximum atomic E-state index is 12.7. The van der Waals surface area contributed by atoms with Crippen LogP contribution in [0.4, 0.5) is 13.2 Å². The quantitative estimate of drug-likeness (QED) is 0.426. The summed E-state index contributed by atoms with van der Waals surface area (Å²) in [5, 5.41) is 0. The highest BCUT2D eigenvalue weighted by Crippen LogP contribution is 2.42. The molecule has 0 aliphatic heterocycles. The van der Waals surface area contributed by atoms with Crippen LogP contribution in [0.2, 0.25) is 0 Å². The Kier molecular flexibility index (Phi) is 8.23. The van der Waals surface area contributed by atoms with E-state index in [1.807, 2.05) is 0 Å². The molecule has 3 rings (SSSR count). The van der Waals surface area contributed by atoms with Crippen LogP contribution in [0.3, 0.4) is 0 Å². The molecule has 1 aromatic rings. The summed E-state index contributed by atoms with van der Waals surface area (Å²) in [6.45, 7) is 0.719. The molecule has 162 valence electrons. The number of aryl methyl sites for hydroxylation is 1. The molecule has 0 aromatic heterocycles. The second-order valence-electron chi connectivity index (χ2n) is 9.07. The van der Waals surface area contributed by atoms with E-state index in [1.54, 1.807) is 19.2 Å². The first-order valence-corrected chi connectivity index (χ1v) is 11.3. The van der Waals surface area contributed by atoms with Gasteiger partial charge in [0.2, 0.25) is 0 Å². The molecule has 1 aromatic carbocycles. The van der Waals surface area contributed by atoms with Crippen molar-refractivity contribution < 1.29 is 17.9 Å². The Hall–Kier alpha value is -1.29. The molecule has 0 bridgehead atoms. The normalized spacial score (nSPS) is 28.7. The van der Waals surface area contributed by atoms with Gasteiger partial charge in [0, 0.05) is 7.11 Å². The fraction of sp³-hybridized carbons (Fsp3) is 0.680. The van der Waals surface area contributed by atoms with Crippen LogP contribution in [0.5, 0.6) is 0 Å². The minimum Gasteiger partial charge on any atom is -0.381 e. The van der Waals surface area contributed by atoms with Crippen molar-refractivity contribution in [2.24, 2.45) is 23.7 Å². The molecule has 0 saturated heterocycles. The third-order valence-corrected chi connectivity index (χ3v) is 7.17. The number of benzene rings is 1. The maximum absolute atomic E-state index is 12.7. The Labute approximate surface area is 173 Å². The van der Waals surface area contributed by atoms with E-state index in [1.165, 1.54) is 63.5 Å². The summed E-state index contributed by atoms with van der Waals surface area (Å²) >= 11 is 0. The topological polar surface area (TPSA) is 9.23 Å². The molecule has 0 spiro atoms. The third kappa shape index (κ3) is 6.87. The predicted molar refractivity (Wildman–Crippen MR) is 112 cm³/mol. The van der Waals surface area contributed by atoms with Crippen molar-refractivity contribution in [3.05, 3.63) is 47.5 Å². The van der Waals surface area contributed by atoms with Crippen LogP contribution in [0, 0.1) is 23.7 Å². The Morgan fingerprint density at radius 2 is 1.48 bits per heavy atom. The van der Waals surface area contributed by atoms with E-state index in [-0.39, 0.29) is 0 Å². The van der Waals surface area contributed by atoms with Gasteiger partial charge in [-0.1, -0.05) is 37.1 Å². The van der Waals surface area contributed by atoms with Gasteiger partial charge in [-0.2, -0.15) is 13.2 Å². The van der Waals surface area contributed by atoms with Gasteiger partial charge in [0.15, 0.2) is 0 Å². The molecule has 2 aliphatic carbocycles. The Morgan fingerprint density at radius 3 is 2.03 bits per heavy atom. The number of hydrogen-bond acceptors (Lipinski definition) is 1. The van der Waals surface area contributed by atoms with Gasteiger partial charge in [0.25, 0.3) is 0 Å². The van der Waals surface area contributed by atoms with Gasteiger partial charge in [0.1, 0.15) is 0 Å². The molecule has 0 amide bonds. The summed E-state index contributed by atoms with van der Waals surface area (Å²) in [5.41, 5.74) is 0.477. The van der Waals surface area contributed by atoms with Gasteiger partial charge in [-0.15, -0.1) is 0 Å². The van der Waals surface area contributed by atoms with Gasteiger partial charge in [-0.3, -0.25) is 0 Å². The highest BCUT2D eigenvalue weighted by molar-refractivity contribution is 5.24. The van der Waals surface area contributed by atoms with Crippen molar-refractivity contribution in [1.82, 2.24) is 0 Å². The predicted octanol–water partition coefficient (Wildman–Crippen LogP) is 7.45. The van der Waals surface area contributed by atoms with Gasteiger partial charge >= 0.3 is 6.18 Å². The summed E-state index contributed by atoms with van der Waals surface area (Å²) in [7, 11) is 1.74. The maximum Gasteiger partial charge on any atom is 0.416 e. The highest BCUT2D eigenvalue weighted by Gasteiger charge is 2.31.